The second kappa shape index (κ2) is 73.5. The summed E-state index contributed by atoms with van der Waals surface area (Å²) in [5.41, 5.74) is 13.0. The molecule has 688 valence electrons. The number of aryl methyl sites for hydroxylation is 8. The summed E-state index contributed by atoms with van der Waals surface area (Å²) in [6.07, 6.45) is 0. The minimum atomic E-state index is -4.78. The fraction of sp³-hybridized carbons (Fsp3) is 0.265. The molecule has 0 heterocycles. The molecule has 0 saturated heterocycles. The number of rotatable bonds is 17. The third-order valence-electron chi connectivity index (χ3n) is 16.5. The molecule has 12 aromatic rings. The molecule has 0 spiro atoms. The van der Waals surface area contributed by atoms with E-state index in [2.05, 4.69) is 162 Å². The molecule has 0 saturated carbocycles. The van der Waals surface area contributed by atoms with Gasteiger partial charge in [0, 0.05) is 122 Å². The number of benzene rings is 12. The minimum Gasteiger partial charge on any atom is 0 e. The molecule has 0 fully saturated rings. The summed E-state index contributed by atoms with van der Waals surface area (Å²) in [6, 6.07) is 88.6. The van der Waals surface area contributed by atoms with Crippen molar-refractivity contribution in [3.63, 3.8) is 0 Å². The normalized spacial score (nSPS) is 9.84. The molecule has 126 heavy (non-hydrogen) atoms. The van der Waals surface area contributed by atoms with Crippen molar-refractivity contribution in [1.82, 2.24) is 0 Å². The van der Waals surface area contributed by atoms with Crippen LogP contribution in [0.1, 0.15) is 140 Å². The second-order valence-electron chi connectivity index (χ2n) is 25.1. The van der Waals surface area contributed by atoms with Gasteiger partial charge >= 0.3 is 50.5 Å². The molecule has 0 unspecified atom stereocenters. The Labute approximate surface area is 877 Å². The van der Waals surface area contributed by atoms with Crippen molar-refractivity contribution in [3.05, 3.63) is 347 Å². The van der Waals surface area contributed by atoms with E-state index in [0.717, 1.165) is 51.8 Å². The van der Waals surface area contributed by atoms with E-state index in [1.807, 2.05) is 229 Å². The van der Waals surface area contributed by atoms with Crippen LogP contribution in [0.25, 0.3) is 11.1 Å². The van der Waals surface area contributed by atoms with Crippen molar-refractivity contribution in [2.24, 2.45) is 0 Å². The van der Waals surface area contributed by atoms with E-state index in [4.69, 9.17) is 18.9 Å². The molecule has 0 aliphatic rings. The van der Waals surface area contributed by atoms with Gasteiger partial charge in [0.2, 0.25) is 19.7 Å². The Bertz CT molecular complexity index is 5200. The van der Waals surface area contributed by atoms with E-state index in [1.165, 1.54) is 76.9 Å². The number of hydrogen-bond acceptors (Lipinski definition) is 14. The average Bonchev–Trinajstić information content (AvgIpc) is 1.33. The molecule has 16 nitrogen and oxygen atoms in total. The first-order chi connectivity index (χ1) is 57.6. The van der Waals surface area contributed by atoms with Crippen LogP contribution in [0.3, 0.4) is 0 Å². The summed E-state index contributed by atoms with van der Waals surface area (Å²) in [6.45, 7) is 36.6. The predicted octanol–water partition coefficient (Wildman–Crippen LogP) is 26.3. The third-order valence-corrected chi connectivity index (χ3v) is 21.8. The van der Waals surface area contributed by atoms with Gasteiger partial charge in [-0.2, -0.15) is 159 Å². The SMILES string of the molecule is C.C.CC.CC.CC.CC.COCOC.COc1ccc(-c2ccc(Oc3ccc(S(=O)(=O)c4ccc(C)cc4)cc3)cc2)cc1.COc1ccc(S(=O)(=O)c2ccc(Oc3ccc(C(C)(C)c4ccc(C)cc4)cc3S(=O)(=O)O)cc2)cc1S(=O)(=O)O.Cc1c[c-]ccc1C.Cc1c[c-]ccc1C.Cc1cc[c-]cc1.Cc1cc[c-]cc1.I.II.I[I-]I.[Y].[Y]. The van der Waals surface area contributed by atoms with Crippen LogP contribution in [-0.4, -0.2) is 78.0 Å². The van der Waals surface area contributed by atoms with E-state index >= 15 is 0 Å². The van der Waals surface area contributed by atoms with Crippen LogP contribution in [0.4, 0.5) is 0 Å². The summed E-state index contributed by atoms with van der Waals surface area (Å²) in [5.74, 6) is 1.72. The van der Waals surface area contributed by atoms with Crippen LogP contribution < -0.4 is 32.2 Å². The van der Waals surface area contributed by atoms with Gasteiger partial charge in [-0.3, -0.25) is 9.11 Å². The van der Waals surface area contributed by atoms with Crippen molar-refractivity contribution < 1.29 is 150 Å². The van der Waals surface area contributed by atoms with E-state index in [-0.39, 0.29) is 136 Å². The van der Waals surface area contributed by atoms with Gasteiger partial charge in [-0.05, 0) is 151 Å². The maximum Gasteiger partial charge on any atom is 0 e. The molecular weight excluding hydrogens is 2500 g/mol. The number of hydrogen-bond donors (Lipinski definition) is 2. The van der Waals surface area contributed by atoms with E-state index in [0.29, 0.717) is 37.1 Å². The van der Waals surface area contributed by atoms with Crippen LogP contribution in [0.2, 0.25) is 0 Å². The summed E-state index contributed by atoms with van der Waals surface area (Å²) in [4.78, 5) is -1.30. The predicted molar refractivity (Wildman–Crippen MR) is 555 cm³/mol. The first kappa shape index (κ1) is 133. The molecule has 0 atom stereocenters. The summed E-state index contributed by atoms with van der Waals surface area (Å²) < 4.78 is 150. The number of sulfone groups is 2. The van der Waals surface area contributed by atoms with Crippen LogP contribution in [-0.2, 0) is 120 Å². The Morgan fingerprint density at radius 3 is 0.937 bits per heavy atom. The van der Waals surface area contributed by atoms with Crippen molar-refractivity contribution in [2.75, 3.05) is 35.2 Å². The van der Waals surface area contributed by atoms with Gasteiger partial charge in [-0.1, -0.05) is 203 Å². The molecule has 12 aromatic carbocycles. The molecule has 12 rings (SSSR count). The van der Waals surface area contributed by atoms with Crippen LogP contribution >= 0.6 is 98.4 Å². The monoisotopic (exact) mass is 2620 g/mol. The van der Waals surface area contributed by atoms with Crippen LogP contribution in [0.15, 0.2) is 296 Å². The zero-order valence-corrected chi connectivity index (χ0v) is 96.4. The fourth-order valence-electron chi connectivity index (χ4n) is 9.71. The van der Waals surface area contributed by atoms with Gasteiger partial charge in [0.1, 0.15) is 51.1 Å². The maximum absolute atomic E-state index is 13.2. The fourth-order valence-corrected chi connectivity index (χ4v) is 13.7. The topological polar surface area (TPSA) is 232 Å². The van der Waals surface area contributed by atoms with Gasteiger partial charge < -0.3 is 28.4 Å². The Morgan fingerprint density at radius 1 is 0.349 bits per heavy atom. The Hall–Kier alpha value is -3.93. The molecule has 0 bridgehead atoms. The van der Waals surface area contributed by atoms with Gasteiger partial charge in [-0.15, -0.1) is 24.0 Å². The minimum absolute atomic E-state index is 0. The zero-order chi connectivity index (χ0) is 92.0. The first-order valence-electron chi connectivity index (χ1n) is 38.1. The van der Waals surface area contributed by atoms with Crippen molar-refractivity contribution in [2.45, 2.75) is 174 Å². The first-order valence-corrected chi connectivity index (χ1v) is 62.8. The number of methoxy groups -OCH3 is 4. The summed E-state index contributed by atoms with van der Waals surface area (Å²) >= 11 is 9.54. The van der Waals surface area contributed by atoms with Gasteiger partial charge in [0.15, 0.2) is 0 Å². The Balaban J connectivity index is -0.000000371. The number of halogens is 6. The largest absolute Gasteiger partial charge is 0 e. The Morgan fingerprint density at radius 2 is 0.635 bits per heavy atom. The van der Waals surface area contributed by atoms with Crippen molar-refractivity contribution in [3.8, 4) is 45.6 Å². The van der Waals surface area contributed by atoms with Crippen LogP contribution in [0.5, 0.6) is 34.5 Å². The van der Waals surface area contributed by atoms with E-state index in [1.54, 1.807) is 75.9 Å². The molecule has 0 aliphatic carbocycles. The molecule has 2 N–H and O–H groups in total. The summed E-state index contributed by atoms with van der Waals surface area (Å²) in [7, 11) is -11.3. The quantitative estimate of drug-likeness (QED) is 0.0373. The molecular formula is C98H123I6O16S4Y2-5. The number of ether oxygens (including phenoxy) is 6. The molecule has 0 amide bonds. The van der Waals surface area contributed by atoms with E-state index < -0.39 is 60.0 Å². The van der Waals surface area contributed by atoms with Crippen LogP contribution in [0, 0.1) is 79.7 Å². The second-order valence-corrected chi connectivity index (χ2v) is 48.0. The van der Waals surface area contributed by atoms with Crippen molar-refractivity contribution >= 4 is 138 Å². The standard InChI is InChI=1S/C29H28O10S3.C26H22O4S.2C8H9.2C7H7.C3H8O2.4C2H6.2CH4.I3.I2.HI.2Y/c1-19-5-7-20(8-6-19)29(2,3)21-9-15-26(27(17-21)41(32,33)34)39-22-10-12-23(13-11-22)40(30,31)24-14-16-25(38-4)28(18-24)42(35,36)37;1-19-3-15-25(16-4-19)31(27,28)26-17-13-24(14-18-26)30-23-11-7-21(8-12-23)20-5-9-22(29-2)10-6-20;2*1-7-5-3-4-6-8(7)2;2*1-7-5-3-2-4-6-7;1-4-3-5-2;4*1-2;;;1-3-2;1-2;;;/h5-18H,1-4H3,(H,32,33,34)(H,35,36,37);3-18H,1-2H3;2*3,5-6H,1-2H3;2*3-6H,1H3;3H2,1-2H3;4*1-2H3;2*1H4;;;1H;;/q;;4*-1;;;;;;;;-1;;;;. The maximum atomic E-state index is 13.2. The van der Waals surface area contributed by atoms with E-state index in [9.17, 15) is 42.8 Å². The molecule has 0 aromatic heterocycles. The average molecular weight is 2620 g/mol. The molecule has 0 aliphatic heterocycles. The van der Waals surface area contributed by atoms with Gasteiger partial charge in [-0.25, -0.2) is 16.8 Å². The van der Waals surface area contributed by atoms with Gasteiger partial charge in [0.05, 0.1) is 33.8 Å². The smallest absolute Gasteiger partial charge is 0 e. The van der Waals surface area contributed by atoms with Gasteiger partial charge in [0.25, 0.3) is 20.2 Å². The third kappa shape index (κ3) is 49.2. The zero-order valence-electron chi connectivity index (χ0n) is 74.3. The molecule has 28 heteroatoms. The summed E-state index contributed by atoms with van der Waals surface area (Å²) in [5, 5.41) is 0. The van der Waals surface area contributed by atoms with Crippen molar-refractivity contribution in [1.29, 1.82) is 0 Å². The molecule has 2 radical (unpaired) electrons. The Kier molecular flexibility index (Phi) is 77.5.